The van der Waals surface area contributed by atoms with E-state index in [1.165, 1.54) is 5.56 Å². The molecule has 0 unspecified atom stereocenters. The van der Waals surface area contributed by atoms with Crippen molar-refractivity contribution >= 4 is 11.6 Å². The Morgan fingerprint density at radius 3 is 2.15 bits per heavy atom. The molecule has 26 heavy (non-hydrogen) atoms. The number of rotatable bonds is 5. The minimum Gasteiger partial charge on any atom is -0.497 e. The minimum atomic E-state index is -0.440. The summed E-state index contributed by atoms with van der Waals surface area (Å²) >= 11 is 0. The molecule has 1 aliphatic carbocycles. The molecule has 1 N–H and O–H groups in total. The number of hydrogen-bond donors (Lipinski definition) is 1. The molecule has 1 fully saturated rings. The van der Waals surface area contributed by atoms with Crippen molar-refractivity contribution in [2.45, 2.75) is 44.4 Å². The molecule has 0 spiro atoms. The van der Waals surface area contributed by atoms with Crippen LogP contribution < -0.4 is 14.8 Å². The van der Waals surface area contributed by atoms with Gasteiger partial charge >= 0.3 is 0 Å². The first-order valence-corrected chi connectivity index (χ1v) is 8.95. The highest BCUT2D eigenvalue weighted by Crippen LogP contribution is 2.49. The summed E-state index contributed by atoms with van der Waals surface area (Å²) in [7, 11) is 3.20. The number of amides is 1. The van der Waals surface area contributed by atoms with Gasteiger partial charge in [0.2, 0.25) is 5.91 Å². The maximum atomic E-state index is 13.0. The van der Waals surface area contributed by atoms with E-state index in [0.29, 0.717) is 17.2 Å². The van der Waals surface area contributed by atoms with Crippen molar-refractivity contribution in [3.8, 4) is 11.5 Å². The number of nitrogens with one attached hydrogen (secondary N) is 1. The predicted molar refractivity (Wildman–Crippen MR) is 104 cm³/mol. The monoisotopic (exact) mass is 353 g/mol. The molecule has 2 aromatic rings. The zero-order valence-corrected chi connectivity index (χ0v) is 16.2. The molecule has 0 bridgehead atoms. The molecule has 0 atom stereocenters. The van der Waals surface area contributed by atoms with Crippen molar-refractivity contribution in [3.63, 3.8) is 0 Å². The van der Waals surface area contributed by atoms with Gasteiger partial charge in [0.1, 0.15) is 11.5 Å². The molecule has 2 aromatic carbocycles. The molecule has 3 rings (SSSR count). The molecule has 0 radical (unpaired) electrons. The quantitative estimate of drug-likeness (QED) is 0.849. The topological polar surface area (TPSA) is 47.6 Å². The Kier molecular flexibility index (Phi) is 4.70. The van der Waals surface area contributed by atoms with Gasteiger partial charge in [0.15, 0.2) is 0 Å². The second-order valence-corrected chi connectivity index (χ2v) is 7.93. The van der Waals surface area contributed by atoms with Gasteiger partial charge in [0, 0.05) is 6.07 Å². The van der Waals surface area contributed by atoms with Crippen molar-refractivity contribution in [1.82, 2.24) is 0 Å². The second-order valence-electron chi connectivity index (χ2n) is 7.93. The number of carbonyl (C=O) groups is 1. The average molecular weight is 353 g/mol. The first-order valence-electron chi connectivity index (χ1n) is 8.95. The Hall–Kier alpha value is -2.49. The van der Waals surface area contributed by atoms with Gasteiger partial charge in [-0.3, -0.25) is 4.79 Å². The zero-order chi connectivity index (χ0) is 18.9. The number of ether oxygens (including phenoxy) is 2. The highest BCUT2D eigenvalue weighted by Gasteiger charge is 2.51. The van der Waals surface area contributed by atoms with Crippen LogP contribution in [-0.4, -0.2) is 20.1 Å². The first kappa shape index (κ1) is 18.3. The van der Waals surface area contributed by atoms with Crippen LogP contribution >= 0.6 is 0 Å². The Balaban J connectivity index is 1.84. The number of anilines is 1. The number of hydrogen-bond acceptors (Lipinski definition) is 3. The Bertz CT molecular complexity index is 799. The highest BCUT2D eigenvalue weighted by molar-refractivity contribution is 6.02. The number of carbonyl (C=O) groups excluding carboxylic acids is 1. The van der Waals surface area contributed by atoms with E-state index in [4.69, 9.17) is 9.47 Å². The maximum absolute atomic E-state index is 13.0. The van der Waals surface area contributed by atoms with Gasteiger partial charge < -0.3 is 14.8 Å². The maximum Gasteiger partial charge on any atom is 0.235 e. The van der Waals surface area contributed by atoms with E-state index in [2.05, 4.69) is 50.4 Å². The van der Waals surface area contributed by atoms with Crippen LogP contribution in [0.1, 0.15) is 44.7 Å². The lowest BCUT2D eigenvalue weighted by Crippen LogP contribution is -2.28. The van der Waals surface area contributed by atoms with Gasteiger partial charge in [-0.2, -0.15) is 0 Å². The summed E-state index contributed by atoms with van der Waals surface area (Å²) in [5.41, 5.74) is 2.64. The van der Waals surface area contributed by atoms with Gasteiger partial charge in [-0.15, -0.1) is 0 Å². The lowest BCUT2D eigenvalue weighted by Gasteiger charge is -2.21. The Morgan fingerprint density at radius 2 is 1.65 bits per heavy atom. The minimum absolute atomic E-state index is 0.00700. The van der Waals surface area contributed by atoms with Gasteiger partial charge in [-0.1, -0.05) is 45.0 Å². The van der Waals surface area contributed by atoms with E-state index < -0.39 is 5.41 Å². The predicted octanol–water partition coefficient (Wildman–Crippen LogP) is 4.67. The molecule has 0 aliphatic heterocycles. The molecule has 0 heterocycles. The van der Waals surface area contributed by atoms with E-state index in [0.717, 1.165) is 18.4 Å². The van der Waals surface area contributed by atoms with Crippen LogP contribution in [-0.2, 0) is 15.6 Å². The molecule has 4 heteroatoms. The third kappa shape index (κ3) is 3.41. The fourth-order valence-electron chi connectivity index (χ4n) is 3.21. The summed E-state index contributed by atoms with van der Waals surface area (Å²) in [6, 6.07) is 13.9. The van der Waals surface area contributed by atoms with E-state index in [1.54, 1.807) is 26.4 Å². The van der Waals surface area contributed by atoms with E-state index >= 15 is 0 Å². The summed E-state index contributed by atoms with van der Waals surface area (Å²) in [5.74, 6) is 1.31. The SMILES string of the molecule is COc1ccc(OC)c(NC(=O)C2(c3ccc(C(C)(C)C)cc3)CC2)c1. The number of benzene rings is 2. The summed E-state index contributed by atoms with van der Waals surface area (Å²) in [6.07, 6.45) is 1.72. The Morgan fingerprint density at radius 1 is 1.00 bits per heavy atom. The van der Waals surface area contributed by atoms with Gasteiger partial charge in [-0.25, -0.2) is 0 Å². The first-order chi connectivity index (χ1) is 12.3. The van der Waals surface area contributed by atoms with Crippen LogP contribution in [0, 0.1) is 0 Å². The standard InChI is InChI=1S/C22H27NO3/c1-21(2,3)15-6-8-16(9-7-15)22(12-13-22)20(24)23-18-14-17(25-4)10-11-19(18)26-5/h6-11,14H,12-13H2,1-5H3,(H,23,24). The van der Waals surface area contributed by atoms with Crippen molar-refractivity contribution in [2.75, 3.05) is 19.5 Å². The van der Waals surface area contributed by atoms with Gasteiger partial charge in [-0.05, 0) is 41.5 Å². The van der Waals surface area contributed by atoms with Crippen molar-refractivity contribution in [1.29, 1.82) is 0 Å². The van der Waals surface area contributed by atoms with Gasteiger partial charge in [0.05, 0.1) is 25.3 Å². The smallest absolute Gasteiger partial charge is 0.235 e. The molecule has 4 nitrogen and oxygen atoms in total. The largest absolute Gasteiger partial charge is 0.497 e. The van der Waals surface area contributed by atoms with Crippen LogP contribution in [0.3, 0.4) is 0 Å². The summed E-state index contributed by atoms with van der Waals surface area (Å²) in [5, 5.41) is 3.04. The fraction of sp³-hybridized carbons (Fsp3) is 0.409. The summed E-state index contributed by atoms with van der Waals surface area (Å²) in [6.45, 7) is 6.57. The van der Waals surface area contributed by atoms with Crippen LogP contribution in [0.15, 0.2) is 42.5 Å². The molecular formula is C22H27NO3. The third-order valence-electron chi connectivity index (χ3n) is 5.14. The summed E-state index contributed by atoms with van der Waals surface area (Å²) in [4.78, 5) is 13.0. The molecule has 138 valence electrons. The van der Waals surface area contributed by atoms with Crippen molar-refractivity contribution in [2.24, 2.45) is 0 Å². The van der Waals surface area contributed by atoms with Crippen molar-refractivity contribution in [3.05, 3.63) is 53.6 Å². The van der Waals surface area contributed by atoms with Crippen LogP contribution in [0.2, 0.25) is 0 Å². The van der Waals surface area contributed by atoms with Crippen LogP contribution in [0.5, 0.6) is 11.5 Å². The van der Waals surface area contributed by atoms with E-state index in [1.807, 2.05) is 6.07 Å². The molecule has 1 aliphatic rings. The lowest BCUT2D eigenvalue weighted by molar-refractivity contribution is -0.118. The van der Waals surface area contributed by atoms with E-state index in [-0.39, 0.29) is 11.3 Å². The third-order valence-corrected chi connectivity index (χ3v) is 5.14. The molecule has 1 saturated carbocycles. The van der Waals surface area contributed by atoms with Gasteiger partial charge in [0.25, 0.3) is 0 Å². The normalized spacial score (nSPS) is 15.3. The van der Waals surface area contributed by atoms with Crippen molar-refractivity contribution < 1.29 is 14.3 Å². The zero-order valence-electron chi connectivity index (χ0n) is 16.2. The average Bonchev–Trinajstić information content (AvgIpc) is 3.43. The molecule has 1 amide bonds. The van der Waals surface area contributed by atoms with Crippen LogP contribution in [0.25, 0.3) is 0 Å². The Labute approximate surface area is 155 Å². The summed E-state index contributed by atoms with van der Waals surface area (Å²) < 4.78 is 10.6. The highest BCUT2D eigenvalue weighted by atomic mass is 16.5. The molecular weight excluding hydrogens is 326 g/mol. The molecule has 0 aromatic heterocycles. The van der Waals surface area contributed by atoms with Crippen LogP contribution in [0.4, 0.5) is 5.69 Å². The number of methoxy groups -OCH3 is 2. The second kappa shape index (κ2) is 6.67. The van der Waals surface area contributed by atoms with E-state index in [9.17, 15) is 4.79 Å². The lowest BCUT2D eigenvalue weighted by atomic mass is 9.85. The fourth-order valence-corrected chi connectivity index (χ4v) is 3.21. The molecule has 0 saturated heterocycles.